The molecule has 27 nitrogen and oxygen atoms in total. The third kappa shape index (κ3) is 123. The lowest BCUT2D eigenvalue weighted by Gasteiger charge is -2.17. The summed E-state index contributed by atoms with van der Waals surface area (Å²) in [6.45, 7) is 42.4. The van der Waals surface area contributed by atoms with Crippen LogP contribution in [0, 0.1) is 0 Å². The molecule has 652 valence electrons. The Kier molecular flexibility index (Phi) is 99.2. The molecule has 0 bridgehead atoms. The van der Waals surface area contributed by atoms with E-state index in [9.17, 15) is 58.1 Å². The van der Waals surface area contributed by atoms with Gasteiger partial charge in [0.25, 0.3) is 0 Å². The number of carbonyl (C=O) groups excluding carboxylic acids is 4. The number of nitrogens with zero attached hydrogens (tertiary/aromatic N) is 4. The highest BCUT2D eigenvalue weighted by Gasteiger charge is 2.07. The Morgan fingerprint density at radius 3 is 0.697 bits per heavy atom. The lowest BCUT2D eigenvalue weighted by molar-refractivity contribution is -0.140. The number of esters is 4. The summed E-state index contributed by atoms with van der Waals surface area (Å²) in [6, 6.07) is 0. The van der Waals surface area contributed by atoms with Gasteiger partial charge in [0.05, 0.1) is 39.6 Å². The van der Waals surface area contributed by atoms with Crippen molar-refractivity contribution in [3.63, 3.8) is 0 Å². The van der Waals surface area contributed by atoms with Crippen LogP contribution in [0.3, 0.4) is 0 Å². The highest BCUT2D eigenvalue weighted by molar-refractivity contribution is 7.81. The van der Waals surface area contributed by atoms with Gasteiger partial charge in [-0.25, -0.2) is 44.4 Å². The Bertz CT molecular complexity index is 2250. The zero-order valence-corrected chi connectivity index (χ0v) is 73.0. The quantitative estimate of drug-likeness (QED) is 0.0136. The molecule has 0 rings (SSSR count). The number of rotatable bonds is 68. The van der Waals surface area contributed by atoms with E-state index in [1.54, 1.807) is 13.8 Å². The normalized spacial score (nSPS) is 11.0. The Balaban J connectivity index is -0.000000227. The lowest BCUT2D eigenvalue weighted by Crippen LogP contribution is -2.27. The van der Waals surface area contributed by atoms with E-state index in [2.05, 4.69) is 97.1 Å². The smallest absolute Gasteiger partial charge is 0.333 e. The predicted molar refractivity (Wildman–Crippen MR) is 435 cm³/mol. The number of carbonyl (C=O) groups is 4. The zero-order chi connectivity index (χ0) is 83.9. The minimum absolute atomic E-state index is 0.152. The number of hydrogen-bond donors (Lipinski definition) is 0. The minimum atomic E-state index is -4.57. The van der Waals surface area contributed by atoms with Gasteiger partial charge in [0.2, 0.25) is 31.2 Å². The van der Waals surface area contributed by atoms with E-state index in [1.165, 1.54) is 179 Å². The van der Waals surface area contributed by atoms with Crippen molar-refractivity contribution in [3.05, 3.63) is 49.6 Å². The second-order valence-corrected chi connectivity index (χ2v) is 29.5. The molecule has 0 heterocycles. The molecule has 0 spiro atoms. The number of unbranched alkanes of at least 4 members (excludes halogenated alkanes) is 30. The van der Waals surface area contributed by atoms with Crippen LogP contribution in [0.25, 0.3) is 0 Å². The van der Waals surface area contributed by atoms with Crippen molar-refractivity contribution in [3.8, 4) is 0 Å². The first-order valence-electron chi connectivity index (χ1n) is 40.3. The highest BCUT2D eigenvalue weighted by Crippen LogP contribution is 2.14. The third-order valence-corrected chi connectivity index (χ3v) is 17.1. The van der Waals surface area contributed by atoms with Gasteiger partial charge in [0.15, 0.2) is 0 Å². The molecule has 0 aliphatic carbocycles. The molecule has 0 aliphatic heterocycles. The predicted octanol–water partition coefficient (Wildman–Crippen LogP) is 14.8. The Morgan fingerprint density at radius 1 is 0.303 bits per heavy atom. The minimum Gasteiger partial charge on any atom is -0.726 e. The monoisotopic (exact) mass is 1630 g/mol. The van der Waals surface area contributed by atoms with Crippen molar-refractivity contribution in [2.45, 2.75) is 274 Å². The maximum atomic E-state index is 11.0. The van der Waals surface area contributed by atoms with Gasteiger partial charge in [-0.2, -0.15) is 0 Å². The van der Waals surface area contributed by atoms with Crippen LogP contribution >= 0.6 is 0 Å². The van der Waals surface area contributed by atoms with Gasteiger partial charge >= 0.3 is 23.9 Å². The first-order chi connectivity index (χ1) is 51.7. The van der Waals surface area contributed by atoms with Gasteiger partial charge in [0.1, 0.15) is 26.4 Å². The fourth-order valence-corrected chi connectivity index (χ4v) is 9.95. The second kappa shape index (κ2) is 91.4. The molecule has 0 saturated carbocycles. The van der Waals surface area contributed by atoms with E-state index >= 15 is 0 Å². The van der Waals surface area contributed by atoms with Gasteiger partial charge < -0.3 is 66.4 Å². The number of likely N-dealkylation sites (N-methyl/N-ethyl adjacent to an activating group) is 4. The van der Waals surface area contributed by atoms with Crippen LogP contribution in [0.2, 0.25) is 0 Å². The maximum Gasteiger partial charge on any atom is 0.333 e. The van der Waals surface area contributed by atoms with E-state index < -0.39 is 31.2 Å². The average molecular weight is 1630 g/mol. The molecule has 0 saturated heterocycles. The maximum absolute atomic E-state index is 11.0. The van der Waals surface area contributed by atoms with Crippen molar-refractivity contribution in [1.82, 2.24) is 19.6 Å². The van der Waals surface area contributed by atoms with Crippen LogP contribution in [0.1, 0.15) is 274 Å². The van der Waals surface area contributed by atoms with Crippen LogP contribution < -0.4 is 0 Å². The number of ether oxygens (including phenoxy) is 7. The molecule has 0 amide bonds. The molecule has 0 fully saturated rings. The van der Waals surface area contributed by atoms with Crippen molar-refractivity contribution < 1.29 is 104 Å². The van der Waals surface area contributed by atoms with E-state index in [4.69, 9.17) is 33.2 Å². The first-order valence-corrected chi connectivity index (χ1v) is 44.3. The van der Waals surface area contributed by atoms with E-state index in [0.29, 0.717) is 57.4 Å². The molecular formula is C79H157N4O23S3-3. The Labute approximate surface area is 665 Å². The van der Waals surface area contributed by atoms with Gasteiger partial charge in [-0.3, -0.25) is 12.5 Å². The topological polar surface area (TPSA) is 345 Å². The summed E-state index contributed by atoms with van der Waals surface area (Å²) in [7, 11) is -6.03. The summed E-state index contributed by atoms with van der Waals surface area (Å²) in [5, 5.41) is 0. The van der Waals surface area contributed by atoms with Crippen molar-refractivity contribution in [2.75, 3.05) is 166 Å². The van der Waals surface area contributed by atoms with Crippen LogP contribution in [0.15, 0.2) is 49.6 Å². The number of hydrogen-bond acceptors (Lipinski definition) is 27. The van der Waals surface area contributed by atoms with Gasteiger partial charge in [-0.1, -0.05) is 267 Å². The summed E-state index contributed by atoms with van der Waals surface area (Å²) >= 11 is 0. The molecular weight excluding hydrogens is 1470 g/mol. The Morgan fingerprint density at radius 2 is 0.505 bits per heavy atom. The lowest BCUT2D eigenvalue weighted by atomic mass is 10.1. The van der Waals surface area contributed by atoms with Crippen molar-refractivity contribution in [1.29, 1.82) is 0 Å². The zero-order valence-electron chi connectivity index (χ0n) is 70.6. The summed E-state index contributed by atoms with van der Waals surface area (Å²) in [4.78, 5) is 51.1. The van der Waals surface area contributed by atoms with E-state index in [-0.39, 0.29) is 63.5 Å². The Hall–Kier alpha value is -3.83. The molecule has 0 N–H and O–H groups in total. The second-order valence-electron chi connectivity index (χ2n) is 26.4. The van der Waals surface area contributed by atoms with Crippen LogP contribution in [-0.2, 0) is 96.1 Å². The van der Waals surface area contributed by atoms with Crippen LogP contribution in [0.4, 0.5) is 0 Å². The van der Waals surface area contributed by atoms with Crippen LogP contribution in [-0.4, -0.2) is 249 Å². The molecule has 0 aliphatic rings. The van der Waals surface area contributed by atoms with E-state index in [0.717, 1.165) is 97.0 Å². The molecule has 30 heteroatoms. The standard InChI is InChI=1S/3C15H32O5S.C10H19NO2.C9H17NO2.C8H15NO2.C7H13NO2/c3*1-2-3-4-5-6-7-8-9-10-11-12-13-19-14-15-20-21(16,17)18;1-5-11(6-2)7-8-13-10(12)9(3)4;1-4-9(11)12-8-7-10(5-2)6-3;1-7(2)8(10)11-6-5-9(3)4;1-4-7(9)10-6-5-8(2)3/h3*2-15H2,1H3,(H,16,17,18);3,5-8H2,1-2,4H3;4H,1,5-8H2,2-3H3;1,5-6H2,2-4H3;4H,1,5-6H2,2-3H3/p-3. The molecule has 109 heavy (non-hydrogen) atoms. The van der Waals surface area contributed by atoms with Crippen LogP contribution in [0.5, 0.6) is 0 Å². The SMILES string of the molecule is C=C(C)C(=O)OCCN(C)C.C=C(C)C(=O)OCCN(CC)CC.C=CC(=O)OCCN(C)C.C=CC(=O)OCCN(CC)CC.CCCCCCCCCCCCCOCCOS(=O)(=O)[O-].CCCCCCCCCCCCCOCCOS(=O)(=O)[O-].CCCCCCCCCCCCCOCCOS(=O)(=O)[O-]. The first kappa shape index (κ1) is 118. The van der Waals surface area contributed by atoms with Gasteiger partial charge in [-0.05, 0) is 87.5 Å². The van der Waals surface area contributed by atoms with Crippen molar-refractivity contribution in [2.24, 2.45) is 0 Å². The summed E-state index contributed by atoms with van der Waals surface area (Å²) in [6.07, 6.45) is 44.6. The average Bonchev–Trinajstić information content (AvgIpc) is 1.11. The molecule has 0 aromatic rings. The summed E-state index contributed by atoms with van der Waals surface area (Å²) in [5.74, 6) is -1.32. The summed E-state index contributed by atoms with van der Waals surface area (Å²) < 4.78 is 138. The summed E-state index contributed by atoms with van der Waals surface area (Å²) in [5.41, 5.74) is 0.906. The van der Waals surface area contributed by atoms with E-state index in [1.807, 2.05) is 38.0 Å². The molecule has 0 unspecified atom stereocenters. The van der Waals surface area contributed by atoms with Gasteiger partial charge in [-0.15, -0.1) is 0 Å². The molecule has 0 aromatic heterocycles. The molecule has 0 radical (unpaired) electrons. The fourth-order valence-electron chi connectivity index (χ4n) is 9.13. The molecule has 0 atom stereocenters. The molecule has 0 aromatic carbocycles. The largest absolute Gasteiger partial charge is 0.726 e. The highest BCUT2D eigenvalue weighted by atomic mass is 32.3. The van der Waals surface area contributed by atoms with Gasteiger partial charge in [0, 0.05) is 69.3 Å². The van der Waals surface area contributed by atoms with Crippen molar-refractivity contribution >= 4 is 55.1 Å². The fraction of sp³-hybridized carbons (Fsp3) is 0.848. The third-order valence-electron chi connectivity index (χ3n) is 15.7.